The van der Waals surface area contributed by atoms with Crippen molar-refractivity contribution in [2.24, 2.45) is 22.2 Å². The highest BCUT2D eigenvalue weighted by Crippen LogP contribution is 2.24. The smallest absolute Gasteiger partial charge is 0.414 e. The summed E-state index contributed by atoms with van der Waals surface area (Å²) in [5.74, 6) is -1.69. The van der Waals surface area contributed by atoms with Crippen LogP contribution in [0.25, 0.3) is 16.9 Å². The average molecular weight is 658 g/mol. The van der Waals surface area contributed by atoms with Crippen LogP contribution in [0, 0.1) is 15.2 Å². The molecule has 2 aromatic carbocycles. The van der Waals surface area contributed by atoms with E-state index in [4.69, 9.17) is 21.9 Å². The van der Waals surface area contributed by atoms with E-state index < -0.39 is 17.7 Å². The Morgan fingerprint density at radius 1 is 1.15 bits per heavy atom. The maximum Gasteiger partial charge on any atom is 0.414 e. The van der Waals surface area contributed by atoms with Crippen molar-refractivity contribution in [2.75, 3.05) is 7.11 Å². The Morgan fingerprint density at radius 2 is 1.90 bits per heavy atom. The number of carbonyl (C=O) groups excluding carboxylic acids is 1. The Hall–Kier alpha value is -4.53. The molecule has 206 valence electrons. The number of pyridine rings is 1. The number of amidine groups is 1. The van der Waals surface area contributed by atoms with Crippen LogP contribution in [0.1, 0.15) is 16.8 Å². The lowest BCUT2D eigenvalue weighted by Gasteiger charge is -2.24. The van der Waals surface area contributed by atoms with Gasteiger partial charge in [0, 0.05) is 16.1 Å². The molecule has 0 saturated heterocycles. The van der Waals surface area contributed by atoms with Gasteiger partial charge in [-0.3, -0.25) is 4.90 Å². The fourth-order valence-corrected chi connectivity index (χ4v) is 4.62. The second-order valence-electron chi connectivity index (χ2n) is 8.55. The Morgan fingerprint density at radius 3 is 2.58 bits per heavy atom. The van der Waals surface area contributed by atoms with Gasteiger partial charge in [0.25, 0.3) is 0 Å². The number of methoxy groups -OCH3 is 1. The minimum atomic E-state index is -0.783. The summed E-state index contributed by atoms with van der Waals surface area (Å²) in [4.78, 5) is 22.3. The van der Waals surface area contributed by atoms with Gasteiger partial charge in [-0.2, -0.15) is 5.10 Å². The third kappa shape index (κ3) is 6.20. The highest BCUT2D eigenvalue weighted by molar-refractivity contribution is 14.1. The quantitative estimate of drug-likeness (QED) is 0.147. The molecule has 2 aromatic heterocycles. The molecule has 4 rings (SSSR count). The molecule has 40 heavy (non-hydrogen) atoms. The molecule has 0 saturated carbocycles. The van der Waals surface area contributed by atoms with Gasteiger partial charge >= 0.3 is 6.09 Å². The van der Waals surface area contributed by atoms with Crippen LogP contribution in [0.5, 0.6) is 0 Å². The summed E-state index contributed by atoms with van der Waals surface area (Å²) in [6.07, 6.45) is 0.330. The van der Waals surface area contributed by atoms with Crippen molar-refractivity contribution in [3.05, 3.63) is 111 Å². The number of nitrogens with two attached hydrogens (primary N) is 3. The van der Waals surface area contributed by atoms with Crippen LogP contribution in [0.15, 0.2) is 83.9 Å². The summed E-state index contributed by atoms with van der Waals surface area (Å²) in [5.41, 5.74) is 20.1. The zero-order valence-electron chi connectivity index (χ0n) is 21.3. The monoisotopic (exact) mass is 658 g/mol. The van der Waals surface area contributed by atoms with Crippen LogP contribution in [-0.2, 0) is 17.7 Å². The van der Waals surface area contributed by atoms with Crippen LogP contribution in [0.4, 0.5) is 13.6 Å². The first-order chi connectivity index (χ1) is 19.1. The highest BCUT2D eigenvalue weighted by atomic mass is 127. The predicted molar refractivity (Wildman–Crippen MR) is 156 cm³/mol. The minimum Gasteiger partial charge on any atom is -0.452 e. The van der Waals surface area contributed by atoms with Gasteiger partial charge in [0.1, 0.15) is 34.5 Å². The molecular weight excluding hydrogens is 633 g/mol. The number of amides is 1. The molecule has 6 N–H and O–H groups in total. The standard InChI is InChI=1S/C27H25F2IN8O2/c1-15(35-26(33)24(25(31)32)37(27(39)40-2)14-16-6-5-8-19(30)10-16)38-22-12-18(28)13-34-23(22)21(36-38)11-17-7-3-4-9-20(17)29/h3-10,12-13H,1,11,14,31-32H2,2H3,(H2,33,35). The number of carbonyl (C=O) groups is 1. The van der Waals surface area contributed by atoms with E-state index in [0.29, 0.717) is 16.8 Å². The number of benzene rings is 2. The summed E-state index contributed by atoms with van der Waals surface area (Å²) >= 11 is 2.15. The van der Waals surface area contributed by atoms with Crippen LogP contribution in [0.3, 0.4) is 0 Å². The Balaban J connectivity index is 1.74. The third-order valence-corrected chi connectivity index (χ3v) is 6.45. The predicted octanol–water partition coefficient (Wildman–Crippen LogP) is 4.05. The van der Waals surface area contributed by atoms with Crippen molar-refractivity contribution in [3.8, 4) is 0 Å². The molecule has 13 heteroatoms. The largest absolute Gasteiger partial charge is 0.452 e. The number of ether oxygens (including phenoxy) is 1. The molecular formula is C27H25F2IN8O2. The van der Waals surface area contributed by atoms with Gasteiger partial charge in [-0.05, 0) is 51.9 Å². The summed E-state index contributed by atoms with van der Waals surface area (Å²) < 4.78 is 35.6. The number of nitrogens with zero attached hydrogens (tertiary/aromatic N) is 5. The lowest BCUT2D eigenvalue weighted by Crippen LogP contribution is -2.39. The van der Waals surface area contributed by atoms with Crippen molar-refractivity contribution in [1.29, 1.82) is 0 Å². The molecule has 0 fully saturated rings. The van der Waals surface area contributed by atoms with E-state index in [2.05, 4.69) is 44.2 Å². The second kappa shape index (κ2) is 12.1. The van der Waals surface area contributed by atoms with E-state index in [1.807, 2.05) is 24.3 Å². The van der Waals surface area contributed by atoms with E-state index >= 15 is 0 Å². The number of halogens is 3. The molecule has 0 radical (unpaired) electrons. The number of fused-ring (bicyclic) bond motifs is 1. The number of aliphatic imine (C=N–C) groups is 1. The zero-order valence-corrected chi connectivity index (χ0v) is 23.5. The molecule has 1 amide bonds. The zero-order chi connectivity index (χ0) is 29.0. The number of rotatable bonds is 8. The molecule has 0 aliphatic carbocycles. The minimum absolute atomic E-state index is 0.0199. The first-order valence-corrected chi connectivity index (χ1v) is 12.8. The first kappa shape index (κ1) is 28.5. The molecule has 0 bridgehead atoms. The van der Waals surface area contributed by atoms with Crippen LogP contribution in [0.2, 0.25) is 0 Å². The van der Waals surface area contributed by atoms with Gasteiger partial charge in [-0.1, -0.05) is 36.9 Å². The van der Waals surface area contributed by atoms with Crippen molar-refractivity contribution in [2.45, 2.75) is 13.0 Å². The fourth-order valence-electron chi connectivity index (χ4n) is 4.02. The van der Waals surface area contributed by atoms with Crippen molar-refractivity contribution in [1.82, 2.24) is 19.7 Å². The Kier molecular flexibility index (Phi) is 8.62. The van der Waals surface area contributed by atoms with Gasteiger partial charge in [-0.15, -0.1) is 0 Å². The first-order valence-electron chi connectivity index (χ1n) is 11.7. The Labute approximate surface area is 242 Å². The van der Waals surface area contributed by atoms with E-state index in [0.717, 1.165) is 20.2 Å². The fraction of sp³-hybridized carbons (Fsp3) is 0.111. The van der Waals surface area contributed by atoms with Gasteiger partial charge in [0.15, 0.2) is 5.84 Å². The third-order valence-electron chi connectivity index (χ3n) is 5.78. The maximum atomic E-state index is 14.3. The lowest BCUT2D eigenvalue weighted by molar-refractivity contribution is 0.135. The second-order valence-corrected chi connectivity index (χ2v) is 9.80. The van der Waals surface area contributed by atoms with E-state index in [9.17, 15) is 13.6 Å². The van der Waals surface area contributed by atoms with E-state index in [-0.39, 0.29) is 41.7 Å². The molecule has 0 aliphatic rings. The summed E-state index contributed by atoms with van der Waals surface area (Å²) in [6, 6.07) is 14.8. The molecule has 0 spiro atoms. The average Bonchev–Trinajstić information content (AvgIpc) is 3.26. The maximum absolute atomic E-state index is 14.3. The molecule has 0 atom stereocenters. The lowest BCUT2D eigenvalue weighted by atomic mass is 10.1. The van der Waals surface area contributed by atoms with Crippen LogP contribution in [-0.4, -0.2) is 38.7 Å². The molecule has 4 aromatic rings. The van der Waals surface area contributed by atoms with Crippen LogP contribution < -0.4 is 17.2 Å². The van der Waals surface area contributed by atoms with Gasteiger partial charge in [-0.25, -0.2) is 28.2 Å². The summed E-state index contributed by atoms with van der Waals surface area (Å²) in [7, 11) is 1.20. The molecule has 2 heterocycles. The summed E-state index contributed by atoms with van der Waals surface area (Å²) in [6.45, 7) is 3.93. The van der Waals surface area contributed by atoms with Crippen molar-refractivity contribution >= 4 is 51.4 Å². The normalized spacial score (nSPS) is 11.3. The Bertz CT molecular complexity index is 1660. The molecule has 0 unspecified atom stereocenters. The van der Waals surface area contributed by atoms with Gasteiger partial charge in [0.05, 0.1) is 31.1 Å². The molecule has 0 aliphatic heterocycles. The number of hydrogen-bond donors (Lipinski definition) is 3. The molecule has 10 nitrogen and oxygen atoms in total. The summed E-state index contributed by atoms with van der Waals surface area (Å²) in [5, 5.41) is 4.47. The van der Waals surface area contributed by atoms with E-state index in [1.54, 1.807) is 18.2 Å². The number of hydrogen-bond acceptors (Lipinski definition) is 7. The van der Waals surface area contributed by atoms with E-state index in [1.165, 1.54) is 23.9 Å². The van der Waals surface area contributed by atoms with Gasteiger partial charge in [0.2, 0.25) is 0 Å². The number of aromatic nitrogens is 3. The highest BCUT2D eigenvalue weighted by Gasteiger charge is 2.25. The van der Waals surface area contributed by atoms with Crippen molar-refractivity contribution < 1.29 is 18.3 Å². The van der Waals surface area contributed by atoms with Gasteiger partial charge < -0.3 is 21.9 Å². The SMILES string of the molecule is C=C(/N=C(/N)C(=C(N)N)N(Cc1cccc(I)c1)C(=O)OC)n1nc(Cc2ccccc2F)c2ncc(F)cc21. The topological polar surface area (TPSA) is 151 Å². The van der Waals surface area contributed by atoms with Crippen LogP contribution >= 0.6 is 22.6 Å². The van der Waals surface area contributed by atoms with Crippen molar-refractivity contribution in [3.63, 3.8) is 0 Å².